The maximum absolute atomic E-state index is 11.3. The first-order valence-electron chi connectivity index (χ1n) is 5.10. The van der Waals surface area contributed by atoms with E-state index in [0.717, 1.165) is 20.0 Å². The molecule has 0 spiro atoms. The number of primary amides is 1. The molecule has 2 rings (SSSR count). The van der Waals surface area contributed by atoms with E-state index < -0.39 is 5.91 Å². The summed E-state index contributed by atoms with van der Waals surface area (Å²) >= 11 is 4.90. The van der Waals surface area contributed by atoms with Crippen LogP contribution in [0.15, 0.2) is 43.1 Å². The van der Waals surface area contributed by atoms with Gasteiger partial charge in [0.1, 0.15) is 5.76 Å². The SMILES string of the molecule is Cc1occc1Sc1cc(C(N)=O)c(N)cc1Br. The quantitative estimate of drug-likeness (QED) is 0.848. The van der Waals surface area contributed by atoms with Crippen molar-refractivity contribution in [3.63, 3.8) is 0 Å². The van der Waals surface area contributed by atoms with E-state index in [0.29, 0.717) is 11.3 Å². The lowest BCUT2D eigenvalue weighted by atomic mass is 10.2. The highest BCUT2D eigenvalue weighted by atomic mass is 79.9. The number of nitrogen functional groups attached to an aromatic ring is 1. The lowest BCUT2D eigenvalue weighted by Gasteiger charge is -2.08. The summed E-state index contributed by atoms with van der Waals surface area (Å²) in [7, 11) is 0. The predicted molar refractivity (Wildman–Crippen MR) is 74.6 cm³/mol. The zero-order chi connectivity index (χ0) is 13.3. The van der Waals surface area contributed by atoms with Gasteiger partial charge in [0.25, 0.3) is 5.91 Å². The van der Waals surface area contributed by atoms with Gasteiger partial charge in [-0.1, -0.05) is 11.8 Å². The van der Waals surface area contributed by atoms with Gasteiger partial charge in [0.05, 0.1) is 16.7 Å². The van der Waals surface area contributed by atoms with E-state index in [-0.39, 0.29) is 0 Å². The molecule has 1 amide bonds. The number of halogens is 1. The summed E-state index contributed by atoms with van der Waals surface area (Å²) in [6, 6.07) is 5.23. The molecule has 2 aromatic rings. The Hall–Kier alpha value is -1.40. The molecular formula is C12H11BrN2O2S. The van der Waals surface area contributed by atoms with Crippen LogP contribution in [-0.2, 0) is 0 Å². The van der Waals surface area contributed by atoms with Crippen LogP contribution in [0.25, 0.3) is 0 Å². The van der Waals surface area contributed by atoms with E-state index in [4.69, 9.17) is 15.9 Å². The van der Waals surface area contributed by atoms with Gasteiger partial charge in [-0.15, -0.1) is 0 Å². The number of anilines is 1. The van der Waals surface area contributed by atoms with Crippen LogP contribution in [0.2, 0.25) is 0 Å². The zero-order valence-electron chi connectivity index (χ0n) is 9.57. The smallest absolute Gasteiger partial charge is 0.250 e. The van der Waals surface area contributed by atoms with Gasteiger partial charge in [-0.3, -0.25) is 4.79 Å². The standard InChI is InChI=1S/C12H11BrN2O2S/c1-6-10(2-3-17-6)18-11-4-7(12(15)16)9(14)5-8(11)13/h2-5H,14H2,1H3,(H2,15,16). The molecule has 0 aliphatic heterocycles. The maximum Gasteiger partial charge on any atom is 0.250 e. The molecule has 4 nitrogen and oxygen atoms in total. The maximum atomic E-state index is 11.3. The Bertz CT molecular complexity index is 610. The van der Waals surface area contributed by atoms with Gasteiger partial charge >= 0.3 is 0 Å². The normalized spacial score (nSPS) is 10.6. The van der Waals surface area contributed by atoms with E-state index in [1.54, 1.807) is 18.4 Å². The Morgan fingerprint density at radius 1 is 1.39 bits per heavy atom. The molecular weight excluding hydrogens is 316 g/mol. The average molecular weight is 327 g/mol. The van der Waals surface area contributed by atoms with Gasteiger partial charge in [0.15, 0.2) is 0 Å². The molecule has 6 heteroatoms. The fraction of sp³-hybridized carbons (Fsp3) is 0.0833. The molecule has 0 radical (unpaired) electrons. The third kappa shape index (κ3) is 2.54. The monoisotopic (exact) mass is 326 g/mol. The summed E-state index contributed by atoms with van der Waals surface area (Å²) in [5.74, 6) is 0.287. The minimum atomic E-state index is -0.536. The van der Waals surface area contributed by atoms with Gasteiger partial charge in [0, 0.05) is 15.1 Å². The van der Waals surface area contributed by atoms with Crippen LogP contribution in [0.5, 0.6) is 0 Å². The van der Waals surface area contributed by atoms with Crippen LogP contribution in [0, 0.1) is 6.92 Å². The van der Waals surface area contributed by atoms with Crippen LogP contribution in [0.3, 0.4) is 0 Å². The molecule has 1 heterocycles. The van der Waals surface area contributed by atoms with Crippen molar-refractivity contribution in [2.45, 2.75) is 16.7 Å². The summed E-state index contributed by atoms with van der Waals surface area (Å²) in [4.78, 5) is 13.1. The van der Waals surface area contributed by atoms with Crippen molar-refractivity contribution in [1.29, 1.82) is 0 Å². The van der Waals surface area contributed by atoms with Gasteiger partial charge in [-0.2, -0.15) is 0 Å². The highest BCUT2D eigenvalue weighted by Gasteiger charge is 2.13. The molecule has 94 valence electrons. The molecule has 0 unspecified atom stereocenters. The number of nitrogens with two attached hydrogens (primary N) is 2. The summed E-state index contributed by atoms with van der Waals surface area (Å²) in [6.07, 6.45) is 1.62. The summed E-state index contributed by atoms with van der Waals surface area (Å²) in [5, 5.41) is 0. The Morgan fingerprint density at radius 3 is 2.67 bits per heavy atom. The molecule has 0 atom stereocenters. The van der Waals surface area contributed by atoms with E-state index in [1.807, 2.05) is 13.0 Å². The minimum Gasteiger partial charge on any atom is -0.468 e. The molecule has 1 aromatic heterocycles. The van der Waals surface area contributed by atoms with Crippen molar-refractivity contribution in [2.75, 3.05) is 5.73 Å². The van der Waals surface area contributed by atoms with Gasteiger partial charge < -0.3 is 15.9 Å². The fourth-order valence-electron chi connectivity index (χ4n) is 1.46. The zero-order valence-corrected chi connectivity index (χ0v) is 12.0. The van der Waals surface area contributed by atoms with Crippen LogP contribution in [0.1, 0.15) is 16.1 Å². The second kappa shape index (κ2) is 5.07. The lowest BCUT2D eigenvalue weighted by molar-refractivity contribution is 0.100. The minimum absolute atomic E-state index is 0.321. The van der Waals surface area contributed by atoms with E-state index >= 15 is 0 Å². The first-order chi connectivity index (χ1) is 8.49. The second-order valence-electron chi connectivity index (χ2n) is 3.68. The molecule has 4 N–H and O–H groups in total. The third-order valence-corrected chi connectivity index (χ3v) is 4.52. The van der Waals surface area contributed by atoms with Crippen molar-refractivity contribution >= 4 is 39.3 Å². The number of rotatable bonds is 3. The Labute approximate surface area is 117 Å². The van der Waals surface area contributed by atoms with E-state index in [2.05, 4.69) is 15.9 Å². The van der Waals surface area contributed by atoms with Crippen LogP contribution >= 0.6 is 27.7 Å². The number of benzene rings is 1. The summed E-state index contributed by atoms with van der Waals surface area (Å²) < 4.78 is 6.04. The highest BCUT2D eigenvalue weighted by molar-refractivity contribution is 9.10. The summed E-state index contributed by atoms with van der Waals surface area (Å²) in [5.41, 5.74) is 11.7. The number of hydrogen-bond donors (Lipinski definition) is 2. The predicted octanol–water partition coefficient (Wildman–Crippen LogP) is 3.18. The molecule has 0 fully saturated rings. The van der Waals surface area contributed by atoms with Gasteiger partial charge in [0.2, 0.25) is 0 Å². The Kier molecular flexibility index (Phi) is 3.68. The lowest BCUT2D eigenvalue weighted by Crippen LogP contribution is -2.13. The van der Waals surface area contributed by atoms with Crippen LogP contribution in [0.4, 0.5) is 5.69 Å². The van der Waals surface area contributed by atoms with Gasteiger partial charge in [-0.05, 0) is 41.1 Å². The highest BCUT2D eigenvalue weighted by Crippen LogP contribution is 2.37. The molecule has 18 heavy (non-hydrogen) atoms. The average Bonchev–Trinajstić information content (AvgIpc) is 2.67. The summed E-state index contributed by atoms with van der Waals surface area (Å²) in [6.45, 7) is 1.88. The molecule has 0 aliphatic carbocycles. The molecule has 1 aromatic carbocycles. The number of amides is 1. The van der Waals surface area contributed by atoms with E-state index in [1.165, 1.54) is 11.8 Å². The fourth-order valence-corrected chi connectivity index (χ4v) is 2.95. The number of hydrogen-bond acceptors (Lipinski definition) is 4. The van der Waals surface area contributed by atoms with Crippen LogP contribution in [-0.4, -0.2) is 5.91 Å². The number of aryl methyl sites for hydroxylation is 1. The van der Waals surface area contributed by atoms with Crippen molar-refractivity contribution < 1.29 is 9.21 Å². The topological polar surface area (TPSA) is 82.2 Å². The van der Waals surface area contributed by atoms with Crippen molar-refractivity contribution in [3.05, 3.63) is 40.3 Å². The Balaban J connectivity index is 2.42. The molecule has 0 saturated carbocycles. The number of furan rings is 1. The molecule has 0 aliphatic rings. The first kappa shape index (κ1) is 13.0. The van der Waals surface area contributed by atoms with E-state index in [9.17, 15) is 4.79 Å². The van der Waals surface area contributed by atoms with Crippen molar-refractivity contribution in [3.8, 4) is 0 Å². The number of carbonyl (C=O) groups is 1. The first-order valence-corrected chi connectivity index (χ1v) is 6.70. The van der Waals surface area contributed by atoms with Crippen molar-refractivity contribution in [2.24, 2.45) is 5.73 Å². The number of carbonyl (C=O) groups excluding carboxylic acids is 1. The molecule has 0 bridgehead atoms. The van der Waals surface area contributed by atoms with Crippen molar-refractivity contribution in [1.82, 2.24) is 0 Å². The largest absolute Gasteiger partial charge is 0.468 e. The third-order valence-electron chi connectivity index (χ3n) is 2.40. The Morgan fingerprint density at radius 2 is 2.11 bits per heavy atom. The molecule has 0 saturated heterocycles. The van der Waals surface area contributed by atoms with Crippen LogP contribution < -0.4 is 11.5 Å². The second-order valence-corrected chi connectivity index (χ2v) is 5.62. The van der Waals surface area contributed by atoms with Gasteiger partial charge in [-0.25, -0.2) is 0 Å².